The van der Waals surface area contributed by atoms with E-state index in [-0.39, 0.29) is 5.69 Å². The number of isothiocyanates is 1. The summed E-state index contributed by atoms with van der Waals surface area (Å²) in [7, 11) is 0. The molecule has 0 bridgehead atoms. The van der Waals surface area contributed by atoms with Crippen LogP contribution in [0.4, 0.5) is 10.1 Å². The molecule has 1 nitrogen and oxygen atoms in total. The second-order valence-electron chi connectivity index (χ2n) is 6.95. The quantitative estimate of drug-likeness (QED) is 0.249. The van der Waals surface area contributed by atoms with Gasteiger partial charge in [-0.05, 0) is 90.6 Å². The van der Waals surface area contributed by atoms with Gasteiger partial charge in [0.2, 0.25) is 0 Å². The van der Waals surface area contributed by atoms with Crippen molar-refractivity contribution in [2.24, 2.45) is 4.99 Å². The van der Waals surface area contributed by atoms with E-state index in [1.165, 1.54) is 24.5 Å². The minimum Gasteiger partial charge on any atom is -0.205 e. The van der Waals surface area contributed by atoms with E-state index in [0.717, 1.165) is 34.2 Å². The van der Waals surface area contributed by atoms with E-state index in [9.17, 15) is 4.39 Å². The monoisotopic (exact) mass is 399 g/mol. The largest absolute Gasteiger partial charge is 0.205 e. The zero-order valence-electron chi connectivity index (χ0n) is 16.6. The highest BCUT2D eigenvalue weighted by Crippen LogP contribution is 2.29. The molecule has 3 rings (SSSR count). The Morgan fingerprint density at radius 3 is 2.07 bits per heavy atom. The molecule has 0 aliphatic carbocycles. The molecule has 0 unspecified atom stereocenters. The summed E-state index contributed by atoms with van der Waals surface area (Å²) in [5.74, 6) is 6.00. The number of halogens is 1. The molecule has 0 spiro atoms. The Morgan fingerprint density at radius 2 is 1.52 bits per heavy atom. The Bertz CT molecular complexity index is 1070. The Labute approximate surface area is 177 Å². The third-order valence-electron chi connectivity index (χ3n) is 4.75. The number of thiocarbonyl (C=S) groups is 1. The molecule has 0 heterocycles. The number of benzene rings is 3. The van der Waals surface area contributed by atoms with Crippen molar-refractivity contribution >= 4 is 23.1 Å². The molecule has 3 heteroatoms. The number of aryl methyl sites for hydroxylation is 2. The van der Waals surface area contributed by atoms with Crippen molar-refractivity contribution in [2.45, 2.75) is 33.1 Å². The second kappa shape index (κ2) is 9.94. The van der Waals surface area contributed by atoms with Gasteiger partial charge in [0.25, 0.3) is 0 Å². The molecular weight excluding hydrogens is 377 g/mol. The molecule has 0 amide bonds. The van der Waals surface area contributed by atoms with Crippen LogP contribution in [0.5, 0.6) is 0 Å². The van der Waals surface area contributed by atoms with E-state index in [1.54, 1.807) is 0 Å². The van der Waals surface area contributed by atoms with Gasteiger partial charge in [-0.3, -0.25) is 0 Å². The number of nitrogens with zero attached hydrogens (tertiary/aromatic N) is 1. The van der Waals surface area contributed by atoms with Gasteiger partial charge in [0.1, 0.15) is 5.69 Å². The number of hydrogen-bond donors (Lipinski definition) is 0. The average Bonchev–Trinajstić information content (AvgIpc) is 2.74. The summed E-state index contributed by atoms with van der Waals surface area (Å²) in [5.41, 5.74) is 5.97. The first kappa shape index (κ1) is 20.7. The first-order valence-electron chi connectivity index (χ1n) is 9.70. The summed E-state index contributed by atoms with van der Waals surface area (Å²) in [6.45, 7) is 4.01. The molecule has 0 saturated heterocycles. The third kappa shape index (κ3) is 5.48. The van der Waals surface area contributed by atoms with Crippen molar-refractivity contribution in [3.8, 4) is 23.0 Å². The Hall–Kier alpha value is -3.05. The second-order valence-corrected chi connectivity index (χ2v) is 7.14. The summed E-state index contributed by atoms with van der Waals surface area (Å²) in [6.07, 6.45) is 3.53. The topological polar surface area (TPSA) is 12.4 Å². The van der Waals surface area contributed by atoms with Crippen LogP contribution in [0.1, 0.15) is 42.0 Å². The summed E-state index contributed by atoms with van der Waals surface area (Å²) in [5, 5.41) is 2.22. The van der Waals surface area contributed by atoms with E-state index < -0.39 is 5.82 Å². The number of aliphatic imine (C=N–C) groups is 1. The summed E-state index contributed by atoms with van der Waals surface area (Å²) in [6, 6.07) is 19.6. The minimum atomic E-state index is -0.399. The molecule has 0 saturated carbocycles. The Balaban J connectivity index is 1.76. The molecule has 0 N–H and O–H groups in total. The lowest BCUT2D eigenvalue weighted by Gasteiger charge is -2.07. The zero-order chi connectivity index (χ0) is 20.6. The van der Waals surface area contributed by atoms with Gasteiger partial charge in [-0.15, -0.1) is 0 Å². The highest BCUT2D eigenvalue weighted by molar-refractivity contribution is 7.78. The smallest absolute Gasteiger partial charge is 0.150 e. The van der Waals surface area contributed by atoms with Crippen molar-refractivity contribution in [1.29, 1.82) is 0 Å². The summed E-state index contributed by atoms with van der Waals surface area (Å²) in [4.78, 5) is 3.80. The van der Waals surface area contributed by atoms with Crippen LogP contribution in [0.3, 0.4) is 0 Å². The molecule has 0 aromatic heterocycles. The number of rotatable bonds is 5. The molecule has 0 aliphatic heterocycles. The molecule has 3 aromatic rings. The van der Waals surface area contributed by atoms with Crippen LogP contribution in [0.15, 0.2) is 65.7 Å². The lowest BCUT2D eigenvalue weighted by Crippen LogP contribution is -1.86. The predicted octanol–water partition coefficient (Wildman–Crippen LogP) is 7.28. The van der Waals surface area contributed by atoms with Crippen molar-refractivity contribution < 1.29 is 4.39 Å². The van der Waals surface area contributed by atoms with Gasteiger partial charge in [-0.1, -0.05) is 49.5 Å². The molecule has 3 aromatic carbocycles. The van der Waals surface area contributed by atoms with Crippen LogP contribution in [0.25, 0.3) is 11.1 Å². The highest BCUT2D eigenvalue weighted by Gasteiger charge is 2.08. The molecule has 0 fully saturated rings. The van der Waals surface area contributed by atoms with Gasteiger partial charge in [0.15, 0.2) is 5.82 Å². The molecular formula is C26H22FNS. The normalized spacial score (nSPS) is 10.0. The first-order valence-corrected chi connectivity index (χ1v) is 10.1. The van der Waals surface area contributed by atoms with Crippen LogP contribution in [0.2, 0.25) is 0 Å². The van der Waals surface area contributed by atoms with Gasteiger partial charge in [0.05, 0.1) is 5.16 Å². The van der Waals surface area contributed by atoms with Gasteiger partial charge in [-0.25, -0.2) is 4.39 Å². The fraction of sp³-hybridized carbons (Fsp3) is 0.192. The zero-order valence-corrected chi connectivity index (χ0v) is 17.4. The van der Waals surface area contributed by atoms with E-state index in [1.807, 2.05) is 37.3 Å². The first-order chi connectivity index (χ1) is 14.1. The molecule has 0 radical (unpaired) electrons. The van der Waals surface area contributed by atoms with Crippen molar-refractivity contribution in [3.05, 3.63) is 88.7 Å². The van der Waals surface area contributed by atoms with Gasteiger partial charge >= 0.3 is 0 Å². The van der Waals surface area contributed by atoms with Crippen LogP contribution in [-0.2, 0) is 6.42 Å². The molecule has 29 heavy (non-hydrogen) atoms. The predicted molar refractivity (Wildman–Crippen MR) is 122 cm³/mol. The van der Waals surface area contributed by atoms with Crippen LogP contribution < -0.4 is 0 Å². The fourth-order valence-corrected chi connectivity index (χ4v) is 3.21. The van der Waals surface area contributed by atoms with Gasteiger partial charge in [0, 0.05) is 11.1 Å². The maximum atomic E-state index is 14.3. The lowest BCUT2D eigenvalue weighted by atomic mass is 10.0. The molecule has 0 aliphatic rings. The summed E-state index contributed by atoms with van der Waals surface area (Å²) < 4.78 is 14.3. The van der Waals surface area contributed by atoms with E-state index in [0.29, 0.717) is 0 Å². The van der Waals surface area contributed by atoms with E-state index >= 15 is 0 Å². The fourth-order valence-electron chi connectivity index (χ4n) is 3.12. The molecule has 144 valence electrons. The number of unbranched alkanes of at least 4 members (excludes halogenated alkanes) is 1. The van der Waals surface area contributed by atoms with Crippen molar-refractivity contribution in [3.63, 3.8) is 0 Å². The van der Waals surface area contributed by atoms with Crippen LogP contribution in [-0.4, -0.2) is 5.16 Å². The van der Waals surface area contributed by atoms with Crippen LogP contribution >= 0.6 is 12.2 Å². The van der Waals surface area contributed by atoms with Crippen molar-refractivity contribution in [2.75, 3.05) is 0 Å². The van der Waals surface area contributed by atoms with Crippen LogP contribution in [0, 0.1) is 24.6 Å². The maximum Gasteiger partial charge on any atom is 0.150 e. The van der Waals surface area contributed by atoms with E-state index in [4.69, 9.17) is 0 Å². The molecule has 0 atom stereocenters. The minimum absolute atomic E-state index is 0.243. The Morgan fingerprint density at radius 1 is 0.897 bits per heavy atom. The van der Waals surface area contributed by atoms with Gasteiger partial charge in [-0.2, -0.15) is 4.99 Å². The van der Waals surface area contributed by atoms with E-state index in [2.05, 4.69) is 65.4 Å². The lowest BCUT2D eigenvalue weighted by molar-refractivity contribution is 0.629. The number of hydrogen-bond acceptors (Lipinski definition) is 2. The maximum absolute atomic E-state index is 14.3. The third-order valence-corrected chi connectivity index (χ3v) is 4.85. The standard InChI is InChI=1S/C26H22FNS/c1-3-4-5-20-6-8-21(9-7-20)10-11-22-12-14-23(15-13-22)24-16-19(2)26(28-18-29)25(27)17-24/h6-9,12-17H,3-5H2,1-2H3. The highest BCUT2D eigenvalue weighted by atomic mass is 32.1. The van der Waals surface area contributed by atoms with Gasteiger partial charge < -0.3 is 0 Å². The SMILES string of the molecule is CCCCc1ccc(C#Cc2ccc(-c3cc(C)c(N=C=S)c(F)c3)cc2)cc1. The van der Waals surface area contributed by atoms with Crippen molar-refractivity contribution in [1.82, 2.24) is 0 Å². The average molecular weight is 400 g/mol. The summed E-state index contributed by atoms with van der Waals surface area (Å²) >= 11 is 4.58. The Kier molecular flexibility index (Phi) is 7.09.